The summed E-state index contributed by atoms with van der Waals surface area (Å²) in [7, 11) is 0. The van der Waals surface area contributed by atoms with Gasteiger partial charge in [-0.15, -0.1) is 0 Å². The number of aromatic nitrogens is 1. The molecule has 0 spiro atoms. The Bertz CT molecular complexity index is 757. The maximum atomic E-state index is 10.8. The van der Waals surface area contributed by atoms with Crippen LogP contribution in [0, 0.1) is 6.92 Å². The van der Waals surface area contributed by atoms with Crippen LogP contribution in [0.4, 0.5) is 0 Å². The van der Waals surface area contributed by atoms with Crippen molar-refractivity contribution in [3.63, 3.8) is 0 Å². The zero-order valence-corrected chi connectivity index (χ0v) is 10.3. The normalized spacial score (nSPS) is 10.8. The summed E-state index contributed by atoms with van der Waals surface area (Å²) in [6.07, 6.45) is 0. The van der Waals surface area contributed by atoms with Crippen LogP contribution in [0.15, 0.2) is 46.9 Å². The molecule has 1 N–H and O–H groups in total. The van der Waals surface area contributed by atoms with Crippen molar-refractivity contribution in [3.05, 3.63) is 53.6 Å². The van der Waals surface area contributed by atoms with Gasteiger partial charge in [0.2, 0.25) is 5.89 Å². The van der Waals surface area contributed by atoms with Crippen LogP contribution < -0.4 is 0 Å². The smallest absolute Gasteiger partial charge is 0.335 e. The summed E-state index contributed by atoms with van der Waals surface area (Å²) in [5, 5.41) is 8.85. The Balaban J connectivity index is 2.06. The monoisotopic (exact) mass is 253 g/mol. The van der Waals surface area contributed by atoms with E-state index in [-0.39, 0.29) is 5.56 Å². The maximum Gasteiger partial charge on any atom is 0.335 e. The van der Waals surface area contributed by atoms with E-state index in [0.29, 0.717) is 5.89 Å². The standard InChI is InChI=1S/C15H11NO3/c1-9-2-7-12-13(8-9)19-14(16-12)10-3-5-11(6-4-10)15(17)18/h2-8H,1H3,(H,17,18). The van der Waals surface area contributed by atoms with Crippen molar-refractivity contribution < 1.29 is 14.3 Å². The van der Waals surface area contributed by atoms with Crippen molar-refractivity contribution >= 4 is 17.1 Å². The lowest BCUT2D eigenvalue weighted by Gasteiger charge is -1.96. The molecule has 3 rings (SSSR count). The lowest BCUT2D eigenvalue weighted by molar-refractivity contribution is 0.0697. The highest BCUT2D eigenvalue weighted by Gasteiger charge is 2.09. The van der Waals surface area contributed by atoms with Crippen LogP contribution in [-0.2, 0) is 0 Å². The minimum absolute atomic E-state index is 0.246. The molecule has 4 heteroatoms. The van der Waals surface area contributed by atoms with Crippen molar-refractivity contribution in [2.45, 2.75) is 6.92 Å². The molecule has 0 fully saturated rings. The Morgan fingerprint density at radius 2 is 1.89 bits per heavy atom. The molecule has 1 heterocycles. The number of hydrogen-bond acceptors (Lipinski definition) is 3. The lowest BCUT2D eigenvalue weighted by Crippen LogP contribution is -1.94. The third kappa shape index (κ3) is 2.08. The lowest BCUT2D eigenvalue weighted by atomic mass is 10.1. The van der Waals surface area contributed by atoms with Crippen molar-refractivity contribution in [2.24, 2.45) is 0 Å². The number of aryl methyl sites for hydroxylation is 1. The second-order valence-corrected chi connectivity index (χ2v) is 4.37. The Hall–Kier alpha value is -2.62. The van der Waals surface area contributed by atoms with E-state index in [2.05, 4.69) is 4.98 Å². The zero-order chi connectivity index (χ0) is 13.4. The number of oxazole rings is 1. The molecular weight excluding hydrogens is 242 g/mol. The molecule has 19 heavy (non-hydrogen) atoms. The van der Waals surface area contributed by atoms with Gasteiger partial charge in [0.05, 0.1) is 5.56 Å². The van der Waals surface area contributed by atoms with E-state index in [9.17, 15) is 4.79 Å². The number of carboxylic acids is 1. The van der Waals surface area contributed by atoms with Gasteiger partial charge in [0.1, 0.15) is 5.52 Å². The molecule has 94 valence electrons. The molecule has 4 nitrogen and oxygen atoms in total. The molecule has 0 aliphatic rings. The minimum Gasteiger partial charge on any atom is -0.478 e. The molecule has 0 radical (unpaired) electrons. The van der Waals surface area contributed by atoms with E-state index in [4.69, 9.17) is 9.52 Å². The zero-order valence-electron chi connectivity index (χ0n) is 10.3. The molecule has 3 aromatic rings. The highest BCUT2D eigenvalue weighted by Crippen LogP contribution is 2.25. The molecule has 0 saturated carbocycles. The Morgan fingerprint density at radius 3 is 2.58 bits per heavy atom. The van der Waals surface area contributed by atoms with Gasteiger partial charge < -0.3 is 9.52 Å². The number of hydrogen-bond donors (Lipinski definition) is 1. The largest absolute Gasteiger partial charge is 0.478 e. The third-order valence-electron chi connectivity index (χ3n) is 2.92. The van der Waals surface area contributed by atoms with E-state index in [1.165, 1.54) is 12.1 Å². The molecule has 0 amide bonds. The number of fused-ring (bicyclic) bond motifs is 1. The van der Waals surface area contributed by atoms with Crippen molar-refractivity contribution in [1.82, 2.24) is 4.98 Å². The predicted octanol–water partition coefficient (Wildman–Crippen LogP) is 3.50. The highest BCUT2D eigenvalue weighted by atomic mass is 16.4. The number of carboxylic acid groups (broad SMARTS) is 1. The van der Waals surface area contributed by atoms with E-state index in [1.54, 1.807) is 12.1 Å². The second kappa shape index (κ2) is 4.24. The van der Waals surface area contributed by atoms with Gasteiger partial charge in [0, 0.05) is 5.56 Å². The summed E-state index contributed by atoms with van der Waals surface area (Å²) in [4.78, 5) is 15.2. The first kappa shape index (κ1) is 11.5. The van der Waals surface area contributed by atoms with Crippen molar-refractivity contribution in [3.8, 4) is 11.5 Å². The topological polar surface area (TPSA) is 63.3 Å². The van der Waals surface area contributed by atoms with Gasteiger partial charge in [-0.2, -0.15) is 0 Å². The fraction of sp³-hybridized carbons (Fsp3) is 0.0667. The highest BCUT2D eigenvalue weighted by molar-refractivity contribution is 5.88. The molecule has 0 aliphatic carbocycles. The van der Waals surface area contributed by atoms with Crippen LogP contribution in [0.2, 0.25) is 0 Å². The molecule has 0 saturated heterocycles. The molecule has 1 aromatic heterocycles. The van der Waals surface area contributed by atoms with Gasteiger partial charge in [-0.25, -0.2) is 9.78 Å². The van der Waals surface area contributed by atoms with E-state index in [0.717, 1.165) is 22.2 Å². The quantitative estimate of drug-likeness (QED) is 0.759. The SMILES string of the molecule is Cc1ccc2nc(-c3ccc(C(=O)O)cc3)oc2c1. The predicted molar refractivity (Wildman–Crippen MR) is 71.1 cm³/mol. The first-order chi connectivity index (χ1) is 9.13. The van der Waals surface area contributed by atoms with E-state index in [1.807, 2.05) is 25.1 Å². The first-order valence-electron chi connectivity index (χ1n) is 5.84. The molecule has 0 unspecified atom stereocenters. The van der Waals surface area contributed by atoms with Crippen LogP contribution >= 0.6 is 0 Å². The van der Waals surface area contributed by atoms with Gasteiger partial charge >= 0.3 is 5.97 Å². The summed E-state index contributed by atoms with van der Waals surface area (Å²) in [5.41, 5.74) is 3.64. The summed E-state index contributed by atoms with van der Waals surface area (Å²) in [6, 6.07) is 12.3. The van der Waals surface area contributed by atoms with Crippen molar-refractivity contribution in [2.75, 3.05) is 0 Å². The van der Waals surface area contributed by atoms with Crippen LogP contribution in [0.1, 0.15) is 15.9 Å². The minimum atomic E-state index is -0.945. The molecular formula is C15H11NO3. The van der Waals surface area contributed by atoms with Gasteiger partial charge in [0.15, 0.2) is 5.58 Å². The summed E-state index contributed by atoms with van der Waals surface area (Å²) in [6.45, 7) is 1.99. The number of rotatable bonds is 2. The van der Waals surface area contributed by atoms with Crippen molar-refractivity contribution in [1.29, 1.82) is 0 Å². The van der Waals surface area contributed by atoms with E-state index >= 15 is 0 Å². The number of nitrogens with zero attached hydrogens (tertiary/aromatic N) is 1. The summed E-state index contributed by atoms with van der Waals surface area (Å²) < 4.78 is 5.68. The Morgan fingerprint density at radius 1 is 1.16 bits per heavy atom. The molecule has 0 bridgehead atoms. The average Bonchev–Trinajstić information content (AvgIpc) is 2.81. The van der Waals surface area contributed by atoms with Crippen LogP contribution in [0.5, 0.6) is 0 Å². The second-order valence-electron chi connectivity index (χ2n) is 4.37. The maximum absolute atomic E-state index is 10.8. The molecule has 0 aliphatic heterocycles. The third-order valence-corrected chi connectivity index (χ3v) is 2.92. The van der Waals surface area contributed by atoms with Crippen LogP contribution in [0.3, 0.4) is 0 Å². The van der Waals surface area contributed by atoms with E-state index < -0.39 is 5.97 Å². The fourth-order valence-electron chi connectivity index (χ4n) is 1.91. The number of aromatic carboxylic acids is 1. The molecule has 0 atom stereocenters. The summed E-state index contributed by atoms with van der Waals surface area (Å²) >= 11 is 0. The first-order valence-corrected chi connectivity index (χ1v) is 5.84. The molecule has 2 aromatic carbocycles. The summed E-state index contributed by atoms with van der Waals surface area (Å²) in [5.74, 6) is -0.447. The van der Waals surface area contributed by atoms with Gasteiger partial charge in [-0.05, 0) is 48.9 Å². The Labute approximate surface area is 109 Å². The fourth-order valence-corrected chi connectivity index (χ4v) is 1.91. The van der Waals surface area contributed by atoms with Crippen LogP contribution in [-0.4, -0.2) is 16.1 Å². The van der Waals surface area contributed by atoms with Gasteiger partial charge in [0.25, 0.3) is 0 Å². The van der Waals surface area contributed by atoms with Gasteiger partial charge in [-0.3, -0.25) is 0 Å². The van der Waals surface area contributed by atoms with Gasteiger partial charge in [-0.1, -0.05) is 6.07 Å². The Kier molecular flexibility index (Phi) is 2.56. The number of benzene rings is 2. The number of carbonyl (C=O) groups is 1. The van der Waals surface area contributed by atoms with Crippen LogP contribution in [0.25, 0.3) is 22.6 Å². The average molecular weight is 253 g/mol.